The summed E-state index contributed by atoms with van der Waals surface area (Å²) in [6, 6.07) is 12.8. The second-order valence-corrected chi connectivity index (χ2v) is 6.13. The number of rotatable bonds is 5. The predicted octanol–water partition coefficient (Wildman–Crippen LogP) is 2.60. The van der Waals surface area contributed by atoms with Gasteiger partial charge in [-0.1, -0.05) is 18.2 Å². The predicted molar refractivity (Wildman–Crippen MR) is 94.0 cm³/mol. The summed E-state index contributed by atoms with van der Waals surface area (Å²) in [5.41, 5.74) is 9.20. The highest BCUT2D eigenvalue weighted by Crippen LogP contribution is 2.21. The zero-order chi connectivity index (χ0) is 17.1. The Balaban J connectivity index is 1.75. The van der Waals surface area contributed by atoms with Crippen molar-refractivity contribution >= 4 is 17.5 Å². The van der Waals surface area contributed by atoms with Gasteiger partial charge in [-0.3, -0.25) is 9.59 Å². The molecule has 0 bridgehead atoms. The van der Waals surface area contributed by atoms with Gasteiger partial charge in [0.25, 0.3) is 11.8 Å². The van der Waals surface area contributed by atoms with Crippen LogP contribution in [0, 0.1) is 6.92 Å². The van der Waals surface area contributed by atoms with Crippen molar-refractivity contribution in [1.29, 1.82) is 0 Å². The summed E-state index contributed by atoms with van der Waals surface area (Å²) in [4.78, 5) is 24.5. The number of hydrogen-bond donors (Lipinski definition) is 3. The Morgan fingerprint density at radius 1 is 1.04 bits per heavy atom. The molecule has 5 heteroatoms. The maximum absolute atomic E-state index is 12.4. The fourth-order valence-corrected chi connectivity index (χ4v) is 2.38. The Bertz CT molecular complexity index is 765. The second kappa shape index (κ2) is 6.84. The Morgan fingerprint density at radius 3 is 2.33 bits per heavy atom. The van der Waals surface area contributed by atoms with E-state index in [1.165, 1.54) is 0 Å². The topological polar surface area (TPSA) is 84.2 Å². The van der Waals surface area contributed by atoms with E-state index in [1.54, 1.807) is 24.3 Å². The van der Waals surface area contributed by atoms with E-state index in [1.807, 2.05) is 25.1 Å². The lowest BCUT2D eigenvalue weighted by Crippen LogP contribution is -2.25. The average molecular weight is 323 g/mol. The first kappa shape index (κ1) is 16.2. The molecule has 24 heavy (non-hydrogen) atoms. The standard InChI is InChI=1S/C19H21N3O2/c1-12-2-5-15(19(24)21-16-8-9-16)10-17(12)22-18(23)14-6-3-13(11-20)4-7-14/h2-7,10,16H,8-9,11,20H2,1H3,(H,21,24)(H,22,23). The van der Waals surface area contributed by atoms with Gasteiger partial charge in [-0.25, -0.2) is 0 Å². The molecule has 0 heterocycles. The van der Waals surface area contributed by atoms with Gasteiger partial charge in [0.1, 0.15) is 0 Å². The van der Waals surface area contributed by atoms with Gasteiger partial charge in [0.15, 0.2) is 0 Å². The summed E-state index contributed by atoms with van der Waals surface area (Å²) in [5.74, 6) is -0.304. The van der Waals surface area contributed by atoms with Crippen molar-refractivity contribution in [2.75, 3.05) is 5.32 Å². The van der Waals surface area contributed by atoms with Crippen LogP contribution < -0.4 is 16.4 Å². The minimum absolute atomic E-state index is 0.0969. The molecule has 0 aromatic heterocycles. The van der Waals surface area contributed by atoms with Crippen LogP contribution in [0.1, 0.15) is 44.7 Å². The molecule has 0 unspecified atom stereocenters. The van der Waals surface area contributed by atoms with Crippen LogP contribution in [0.2, 0.25) is 0 Å². The second-order valence-electron chi connectivity index (χ2n) is 6.13. The van der Waals surface area contributed by atoms with Gasteiger partial charge in [0.2, 0.25) is 0 Å². The van der Waals surface area contributed by atoms with Crippen molar-refractivity contribution < 1.29 is 9.59 Å². The maximum Gasteiger partial charge on any atom is 0.255 e. The molecule has 0 aliphatic heterocycles. The molecule has 5 nitrogen and oxygen atoms in total. The van der Waals surface area contributed by atoms with Crippen LogP contribution in [-0.2, 0) is 6.54 Å². The molecule has 4 N–H and O–H groups in total. The third-order valence-electron chi connectivity index (χ3n) is 4.11. The van der Waals surface area contributed by atoms with Crippen LogP contribution in [0.15, 0.2) is 42.5 Å². The largest absolute Gasteiger partial charge is 0.349 e. The van der Waals surface area contributed by atoms with Crippen LogP contribution in [0.3, 0.4) is 0 Å². The van der Waals surface area contributed by atoms with Crippen molar-refractivity contribution in [1.82, 2.24) is 5.32 Å². The van der Waals surface area contributed by atoms with Gasteiger partial charge < -0.3 is 16.4 Å². The molecule has 0 radical (unpaired) electrons. The lowest BCUT2D eigenvalue weighted by atomic mass is 10.1. The average Bonchev–Trinajstić information content (AvgIpc) is 3.40. The van der Waals surface area contributed by atoms with Crippen LogP contribution in [0.4, 0.5) is 5.69 Å². The quantitative estimate of drug-likeness (QED) is 0.791. The first-order valence-corrected chi connectivity index (χ1v) is 8.08. The number of aryl methyl sites for hydroxylation is 1. The molecular formula is C19H21N3O2. The molecule has 0 spiro atoms. The molecule has 2 aromatic rings. The van der Waals surface area contributed by atoms with Gasteiger partial charge >= 0.3 is 0 Å². The van der Waals surface area contributed by atoms with E-state index in [9.17, 15) is 9.59 Å². The van der Waals surface area contributed by atoms with Crippen molar-refractivity contribution in [3.8, 4) is 0 Å². The highest BCUT2D eigenvalue weighted by Gasteiger charge is 2.24. The molecule has 3 rings (SSSR count). The van der Waals surface area contributed by atoms with E-state index in [4.69, 9.17) is 5.73 Å². The first-order chi connectivity index (χ1) is 11.6. The number of benzene rings is 2. The third kappa shape index (κ3) is 3.81. The Hall–Kier alpha value is -2.66. The van der Waals surface area contributed by atoms with Crippen molar-refractivity contribution in [3.63, 3.8) is 0 Å². The smallest absolute Gasteiger partial charge is 0.255 e. The van der Waals surface area contributed by atoms with Gasteiger partial charge in [-0.2, -0.15) is 0 Å². The summed E-state index contributed by atoms with van der Waals surface area (Å²) < 4.78 is 0. The van der Waals surface area contributed by atoms with Gasteiger partial charge in [-0.15, -0.1) is 0 Å². The minimum Gasteiger partial charge on any atom is -0.349 e. The van der Waals surface area contributed by atoms with E-state index in [0.29, 0.717) is 29.4 Å². The van der Waals surface area contributed by atoms with E-state index >= 15 is 0 Å². The van der Waals surface area contributed by atoms with Crippen LogP contribution >= 0.6 is 0 Å². The highest BCUT2D eigenvalue weighted by molar-refractivity contribution is 6.05. The summed E-state index contributed by atoms with van der Waals surface area (Å²) in [6.07, 6.45) is 2.08. The lowest BCUT2D eigenvalue weighted by Gasteiger charge is -2.11. The molecular weight excluding hydrogens is 302 g/mol. The molecule has 124 valence electrons. The number of carbonyl (C=O) groups excluding carboxylic acids is 2. The number of hydrogen-bond acceptors (Lipinski definition) is 3. The number of amides is 2. The van der Waals surface area contributed by atoms with E-state index in [0.717, 1.165) is 24.0 Å². The van der Waals surface area contributed by atoms with Gasteiger partial charge in [0.05, 0.1) is 0 Å². The molecule has 1 aliphatic carbocycles. The summed E-state index contributed by atoms with van der Waals surface area (Å²) >= 11 is 0. The Labute approximate surface area is 141 Å². The minimum atomic E-state index is -0.207. The molecule has 2 aromatic carbocycles. The maximum atomic E-state index is 12.4. The molecule has 1 aliphatic rings. The number of nitrogens with two attached hydrogens (primary N) is 1. The van der Waals surface area contributed by atoms with Crippen molar-refractivity contribution in [2.45, 2.75) is 32.4 Å². The van der Waals surface area contributed by atoms with Crippen LogP contribution in [-0.4, -0.2) is 17.9 Å². The van der Waals surface area contributed by atoms with Crippen molar-refractivity contribution in [2.24, 2.45) is 5.73 Å². The zero-order valence-corrected chi connectivity index (χ0v) is 13.6. The van der Waals surface area contributed by atoms with Gasteiger partial charge in [-0.05, 0) is 55.2 Å². The lowest BCUT2D eigenvalue weighted by molar-refractivity contribution is 0.0949. The molecule has 2 amide bonds. The fourth-order valence-electron chi connectivity index (χ4n) is 2.38. The third-order valence-corrected chi connectivity index (χ3v) is 4.11. The number of anilines is 1. The fraction of sp³-hybridized carbons (Fsp3) is 0.263. The summed E-state index contributed by atoms with van der Waals surface area (Å²) in [5, 5.41) is 5.83. The first-order valence-electron chi connectivity index (χ1n) is 8.08. The van der Waals surface area contributed by atoms with E-state index in [2.05, 4.69) is 10.6 Å². The number of carbonyl (C=O) groups is 2. The number of nitrogens with one attached hydrogen (secondary N) is 2. The monoisotopic (exact) mass is 323 g/mol. The molecule has 1 saturated carbocycles. The van der Waals surface area contributed by atoms with Crippen LogP contribution in [0.25, 0.3) is 0 Å². The summed E-state index contributed by atoms with van der Waals surface area (Å²) in [6.45, 7) is 2.34. The van der Waals surface area contributed by atoms with E-state index < -0.39 is 0 Å². The molecule has 0 saturated heterocycles. The van der Waals surface area contributed by atoms with Crippen molar-refractivity contribution in [3.05, 3.63) is 64.7 Å². The Morgan fingerprint density at radius 2 is 1.71 bits per heavy atom. The normalized spacial score (nSPS) is 13.4. The summed E-state index contributed by atoms with van der Waals surface area (Å²) in [7, 11) is 0. The molecule has 1 fully saturated rings. The highest BCUT2D eigenvalue weighted by atomic mass is 16.2. The molecule has 0 atom stereocenters. The van der Waals surface area contributed by atoms with Crippen LogP contribution in [0.5, 0.6) is 0 Å². The zero-order valence-electron chi connectivity index (χ0n) is 13.6. The Kier molecular flexibility index (Phi) is 4.62. The SMILES string of the molecule is Cc1ccc(C(=O)NC2CC2)cc1NC(=O)c1ccc(CN)cc1. The van der Waals surface area contributed by atoms with Gasteiger partial charge in [0, 0.05) is 29.4 Å². The van der Waals surface area contributed by atoms with E-state index in [-0.39, 0.29) is 11.8 Å².